The van der Waals surface area contributed by atoms with Gasteiger partial charge in [-0.25, -0.2) is 0 Å². The highest BCUT2D eigenvalue weighted by Crippen LogP contribution is 2.60. The van der Waals surface area contributed by atoms with Gasteiger partial charge >= 0.3 is 0 Å². The average Bonchev–Trinajstić information content (AvgIpc) is 3.28. The summed E-state index contributed by atoms with van der Waals surface area (Å²) in [5.74, 6) is 1.39. The predicted octanol–water partition coefficient (Wildman–Crippen LogP) is 5.07. The van der Waals surface area contributed by atoms with Gasteiger partial charge in [0.15, 0.2) is 0 Å². The quantitative estimate of drug-likeness (QED) is 0.433. The molecular weight excluding hydrogens is 486 g/mol. The van der Waals surface area contributed by atoms with E-state index in [9.17, 15) is 9.59 Å². The van der Waals surface area contributed by atoms with Gasteiger partial charge in [0.2, 0.25) is 11.8 Å². The molecule has 2 aromatic carbocycles. The highest BCUT2D eigenvalue weighted by molar-refractivity contribution is 9.12. The van der Waals surface area contributed by atoms with Crippen LogP contribution in [0.1, 0.15) is 12.0 Å². The SMILES string of the molecule is Cc1cccc(Oc2ccc(N3C(=O)[C@@H]4[C@H]5C[C@@H]([C@H](Br)[C@H]5Br)[C@H]4C3=O)cc2)c1. The third kappa shape index (κ3) is 2.68. The average molecular weight is 505 g/mol. The number of amides is 2. The van der Waals surface area contributed by atoms with Gasteiger partial charge in [0.1, 0.15) is 11.5 Å². The van der Waals surface area contributed by atoms with Crippen molar-refractivity contribution in [2.75, 3.05) is 4.90 Å². The molecule has 0 spiro atoms. The number of benzene rings is 2. The van der Waals surface area contributed by atoms with Crippen LogP contribution in [0.5, 0.6) is 11.5 Å². The summed E-state index contributed by atoms with van der Waals surface area (Å²) in [6.45, 7) is 2.01. The van der Waals surface area contributed by atoms with Crippen LogP contribution in [0.4, 0.5) is 5.69 Å². The molecule has 6 heteroatoms. The van der Waals surface area contributed by atoms with E-state index in [0.29, 0.717) is 11.4 Å². The lowest BCUT2D eigenvalue weighted by Gasteiger charge is -2.28. The first-order chi connectivity index (χ1) is 13.5. The molecule has 5 rings (SSSR count). The van der Waals surface area contributed by atoms with Crippen molar-refractivity contribution in [1.82, 2.24) is 0 Å². The van der Waals surface area contributed by atoms with Gasteiger partial charge in [0.25, 0.3) is 0 Å². The number of anilines is 1. The summed E-state index contributed by atoms with van der Waals surface area (Å²) < 4.78 is 5.88. The van der Waals surface area contributed by atoms with Crippen molar-refractivity contribution in [3.63, 3.8) is 0 Å². The number of nitrogens with zero attached hydrogens (tertiary/aromatic N) is 1. The molecule has 3 fully saturated rings. The molecule has 2 amide bonds. The van der Waals surface area contributed by atoms with Crippen LogP contribution in [0.15, 0.2) is 48.5 Å². The van der Waals surface area contributed by atoms with Crippen molar-refractivity contribution in [2.24, 2.45) is 23.7 Å². The number of alkyl halides is 2. The Hall–Kier alpha value is -1.66. The van der Waals surface area contributed by atoms with Crippen molar-refractivity contribution in [3.8, 4) is 11.5 Å². The van der Waals surface area contributed by atoms with Crippen LogP contribution < -0.4 is 9.64 Å². The maximum atomic E-state index is 13.1. The van der Waals surface area contributed by atoms with E-state index < -0.39 is 0 Å². The summed E-state index contributed by atoms with van der Waals surface area (Å²) in [6, 6.07) is 15.0. The highest BCUT2D eigenvalue weighted by atomic mass is 79.9. The number of rotatable bonds is 3. The van der Waals surface area contributed by atoms with Gasteiger partial charge in [0.05, 0.1) is 17.5 Å². The number of imide groups is 1. The topological polar surface area (TPSA) is 46.6 Å². The molecule has 1 heterocycles. The first-order valence-corrected chi connectivity index (χ1v) is 11.3. The summed E-state index contributed by atoms with van der Waals surface area (Å²) in [5.41, 5.74) is 1.75. The van der Waals surface area contributed by atoms with Gasteiger partial charge in [-0.2, -0.15) is 0 Å². The molecule has 6 atom stereocenters. The Morgan fingerprint density at radius 2 is 1.50 bits per heavy atom. The van der Waals surface area contributed by atoms with Gasteiger partial charge in [-0.05, 0) is 67.1 Å². The van der Waals surface area contributed by atoms with Gasteiger partial charge in [-0.3, -0.25) is 14.5 Å². The first-order valence-electron chi connectivity index (χ1n) is 9.46. The Morgan fingerprint density at radius 3 is 2.07 bits per heavy atom. The van der Waals surface area contributed by atoms with Gasteiger partial charge in [0, 0.05) is 9.65 Å². The van der Waals surface area contributed by atoms with Crippen LogP contribution in [0, 0.1) is 30.6 Å². The molecule has 28 heavy (non-hydrogen) atoms. The maximum absolute atomic E-state index is 13.1. The Balaban J connectivity index is 1.38. The molecule has 4 nitrogen and oxygen atoms in total. The normalized spacial score (nSPS) is 33.5. The van der Waals surface area contributed by atoms with Crippen molar-refractivity contribution in [1.29, 1.82) is 0 Å². The summed E-state index contributed by atoms with van der Waals surface area (Å²) in [7, 11) is 0. The number of ether oxygens (including phenoxy) is 1. The number of aryl methyl sites for hydroxylation is 1. The Morgan fingerprint density at radius 1 is 0.893 bits per heavy atom. The fourth-order valence-electron chi connectivity index (χ4n) is 5.08. The van der Waals surface area contributed by atoms with Gasteiger partial charge in [-0.15, -0.1) is 0 Å². The predicted molar refractivity (Wildman–Crippen MR) is 114 cm³/mol. The van der Waals surface area contributed by atoms with Gasteiger partial charge in [-0.1, -0.05) is 44.0 Å². The first kappa shape index (κ1) is 18.4. The third-order valence-electron chi connectivity index (χ3n) is 6.31. The number of hydrogen-bond donors (Lipinski definition) is 0. The minimum atomic E-state index is -0.195. The molecule has 2 bridgehead atoms. The number of fused-ring (bicyclic) bond motifs is 5. The van der Waals surface area contributed by atoms with E-state index in [1.807, 2.05) is 43.3 Å². The number of hydrogen-bond acceptors (Lipinski definition) is 3. The van der Waals surface area contributed by atoms with Crippen molar-refractivity contribution < 1.29 is 14.3 Å². The Labute approximate surface area is 180 Å². The number of halogens is 2. The fourth-order valence-corrected chi connectivity index (χ4v) is 6.95. The van der Waals surface area contributed by atoms with E-state index in [0.717, 1.165) is 17.7 Å². The molecule has 3 aliphatic rings. The molecule has 1 saturated heterocycles. The second-order valence-corrected chi connectivity index (χ2v) is 10.0. The molecule has 0 aromatic heterocycles. The van der Waals surface area contributed by atoms with Crippen molar-refractivity contribution >= 4 is 49.4 Å². The molecule has 0 radical (unpaired) electrons. The van der Waals surface area contributed by atoms with Crippen LogP contribution >= 0.6 is 31.9 Å². The largest absolute Gasteiger partial charge is 0.457 e. The minimum absolute atomic E-state index is 0.0568. The molecule has 2 aliphatic carbocycles. The molecular formula is C22H19Br2NO3. The molecule has 0 N–H and O–H groups in total. The lowest BCUT2D eigenvalue weighted by atomic mass is 9.81. The molecule has 144 valence electrons. The lowest BCUT2D eigenvalue weighted by molar-refractivity contribution is -0.123. The van der Waals surface area contributed by atoms with Crippen molar-refractivity contribution in [2.45, 2.75) is 23.0 Å². The second-order valence-electron chi connectivity index (χ2n) is 7.93. The van der Waals surface area contributed by atoms with E-state index in [4.69, 9.17) is 4.74 Å². The smallest absolute Gasteiger partial charge is 0.238 e. The van der Waals surface area contributed by atoms with E-state index in [1.165, 1.54) is 4.90 Å². The van der Waals surface area contributed by atoms with E-state index in [2.05, 4.69) is 31.9 Å². The highest BCUT2D eigenvalue weighted by Gasteiger charge is 2.66. The van der Waals surface area contributed by atoms with Crippen LogP contribution in [-0.2, 0) is 9.59 Å². The maximum Gasteiger partial charge on any atom is 0.238 e. The van der Waals surface area contributed by atoms with Crippen LogP contribution in [0.2, 0.25) is 0 Å². The number of carbonyl (C=O) groups excluding carboxylic acids is 2. The van der Waals surface area contributed by atoms with Crippen LogP contribution in [-0.4, -0.2) is 21.5 Å². The van der Waals surface area contributed by atoms with Crippen LogP contribution in [0.3, 0.4) is 0 Å². The van der Waals surface area contributed by atoms with E-state index in [1.54, 1.807) is 12.1 Å². The fraction of sp³-hybridized carbons (Fsp3) is 0.364. The summed E-state index contributed by atoms with van der Waals surface area (Å²) >= 11 is 7.44. The molecule has 1 aliphatic heterocycles. The molecule has 2 aromatic rings. The zero-order chi connectivity index (χ0) is 19.6. The third-order valence-corrected chi connectivity index (χ3v) is 9.51. The number of carbonyl (C=O) groups is 2. The molecule has 0 unspecified atom stereocenters. The van der Waals surface area contributed by atoms with Crippen molar-refractivity contribution in [3.05, 3.63) is 54.1 Å². The summed E-state index contributed by atoms with van der Waals surface area (Å²) in [5, 5.41) is 0. The van der Waals surface area contributed by atoms with E-state index in [-0.39, 0.29) is 45.1 Å². The van der Waals surface area contributed by atoms with Crippen LogP contribution in [0.25, 0.3) is 0 Å². The minimum Gasteiger partial charge on any atom is -0.457 e. The monoisotopic (exact) mass is 503 g/mol. The summed E-state index contributed by atoms with van der Waals surface area (Å²) in [6.07, 6.45) is 0.940. The molecule has 2 saturated carbocycles. The zero-order valence-corrected chi connectivity index (χ0v) is 18.4. The standard InChI is InChI=1S/C22H19Br2NO3/c1-11-3-2-4-14(9-11)28-13-7-5-12(6-8-13)25-21(26)17-15-10-16(18(17)22(25)27)20(24)19(15)23/h2-9,15-20H,10H2,1H3/t15-,16-,17-,18-,19+,20+/m1/s1. The van der Waals surface area contributed by atoms with E-state index >= 15 is 0 Å². The summed E-state index contributed by atoms with van der Waals surface area (Å²) in [4.78, 5) is 28.1. The Bertz CT molecular complexity index is 929. The van der Waals surface area contributed by atoms with Gasteiger partial charge < -0.3 is 4.74 Å². The Kier molecular flexibility index (Phi) is 4.40. The lowest BCUT2D eigenvalue weighted by Crippen LogP contribution is -2.37. The zero-order valence-electron chi connectivity index (χ0n) is 15.2. The second kappa shape index (κ2) is 6.70.